The minimum absolute atomic E-state index is 0.0912. The predicted octanol–water partition coefficient (Wildman–Crippen LogP) is 5.11. The minimum Gasteiger partial charge on any atom is -0.444 e. The van der Waals surface area contributed by atoms with E-state index in [9.17, 15) is 4.79 Å². The third-order valence-corrected chi connectivity index (χ3v) is 4.34. The van der Waals surface area contributed by atoms with Crippen LogP contribution in [-0.4, -0.2) is 28.3 Å². The van der Waals surface area contributed by atoms with E-state index in [1.54, 1.807) is 4.90 Å². The molecule has 0 radical (unpaired) electrons. The number of benzene rings is 1. The second kappa shape index (κ2) is 6.90. The first-order chi connectivity index (χ1) is 11.8. The molecule has 1 aliphatic rings. The summed E-state index contributed by atoms with van der Waals surface area (Å²) in [6, 6.07) is 9.98. The van der Waals surface area contributed by atoms with Gasteiger partial charge in [-0.2, -0.15) is 0 Å². The van der Waals surface area contributed by atoms with Crippen molar-refractivity contribution in [1.82, 2.24) is 10.1 Å². The van der Waals surface area contributed by atoms with Crippen molar-refractivity contribution >= 4 is 6.09 Å². The molecule has 0 spiro atoms. The van der Waals surface area contributed by atoms with Crippen LogP contribution in [0.4, 0.5) is 4.79 Å². The molecular weight excluding hydrogens is 316 g/mol. The van der Waals surface area contributed by atoms with Crippen molar-refractivity contribution in [3.05, 3.63) is 41.6 Å². The molecule has 1 aromatic carbocycles. The lowest BCUT2D eigenvalue weighted by Gasteiger charge is -2.35. The van der Waals surface area contributed by atoms with Crippen LogP contribution in [0.5, 0.6) is 0 Å². The van der Waals surface area contributed by atoms with Gasteiger partial charge in [0.05, 0.1) is 6.04 Å². The molecule has 25 heavy (non-hydrogen) atoms. The molecule has 0 N–H and O–H groups in total. The van der Waals surface area contributed by atoms with Gasteiger partial charge in [-0.25, -0.2) is 4.79 Å². The Morgan fingerprint density at radius 2 is 1.96 bits per heavy atom. The highest BCUT2D eigenvalue weighted by molar-refractivity contribution is 5.69. The summed E-state index contributed by atoms with van der Waals surface area (Å²) in [5, 5.41) is 4.24. The van der Waals surface area contributed by atoms with Gasteiger partial charge in [0, 0.05) is 18.2 Å². The minimum atomic E-state index is -0.504. The Kier molecular flexibility index (Phi) is 4.84. The van der Waals surface area contributed by atoms with Crippen LogP contribution in [0.2, 0.25) is 0 Å². The first-order valence-corrected chi connectivity index (χ1v) is 8.87. The van der Waals surface area contributed by atoms with Gasteiger partial charge < -0.3 is 9.26 Å². The molecule has 1 aromatic heterocycles. The Morgan fingerprint density at radius 1 is 1.24 bits per heavy atom. The highest BCUT2D eigenvalue weighted by Gasteiger charge is 2.33. The van der Waals surface area contributed by atoms with E-state index in [2.05, 4.69) is 12.1 Å². The molecule has 1 atom stereocenters. The van der Waals surface area contributed by atoms with Crippen molar-refractivity contribution in [3.8, 4) is 11.3 Å². The number of aromatic nitrogens is 1. The lowest BCUT2D eigenvalue weighted by Crippen LogP contribution is -2.42. The number of nitrogens with zero attached hydrogens (tertiary/aromatic N) is 2. The predicted molar refractivity (Wildman–Crippen MR) is 96.2 cm³/mol. The molecule has 2 aromatic rings. The zero-order valence-corrected chi connectivity index (χ0v) is 15.4. The number of ether oxygens (including phenoxy) is 1. The summed E-state index contributed by atoms with van der Waals surface area (Å²) in [6.07, 6.45) is 2.64. The summed E-state index contributed by atoms with van der Waals surface area (Å²) >= 11 is 0. The Hall–Kier alpha value is -2.30. The van der Waals surface area contributed by atoms with Crippen LogP contribution in [0.1, 0.15) is 57.3 Å². The lowest BCUT2D eigenvalue weighted by molar-refractivity contribution is 0.00869. The third kappa shape index (κ3) is 4.21. The Labute approximate surface area is 148 Å². The summed E-state index contributed by atoms with van der Waals surface area (Å²) in [5.41, 5.74) is 2.48. The summed E-state index contributed by atoms with van der Waals surface area (Å²) in [7, 11) is 0. The SMILES string of the molecule is Cc1ccc(-c2cc(C3CCCCN3C(=O)OC(C)(C)C)no2)cc1. The molecule has 5 heteroatoms. The van der Waals surface area contributed by atoms with Crippen molar-refractivity contribution in [1.29, 1.82) is 0 Å². The van der Waals surface area contributed by atoms with Crippen LogP contribution in [0.15, 0.2) is 34.9 Å². The van der Waals surface area contributed by atoms with E-state index < -0.39 is 5.60 Å². The van der Waals surface area contributed by atoms with Crippen LogP contribution in [0, 0.1) is 6.92 Å². The van der Waals surface area contributed by atoms with E-state index in [0.717, 1.165) is 36.3 Å². The number of piperidine rings is 1. The zero-order chi connectivity index (χ0) is 18.0. The van der Waals surface area contributed by atoms with Gasteiger partial charge in [0.25, 0.3) is 0 Å². The number of likely N-dealkylation sites (tertiary alicyclic amines) is 1. The molecule has 1 fully saturated rings. The lowest BCUT2D eigenvalue weighted by atomic mass is 9.99. The number of hydrogen-bond acceptors (Lipinski definition) is 4. The maximum Gasteiger partial charge on any atom is 0.410 e. The van der Waals surface area contributed by atoms with Crippen LogP contribution in [0.3, 0.4) is 0 Å². The largest absolute Gasteiger partial charge is 0.444 e. The van der Waals surface area contributed by atoms with Gasteiger partial charge in [0.2, 0.25) is 0 Å². The van der Waals surface area contributed by atoms with Crippen molar-refractivity contribution in [2.45, 2.75) is 58.6 Å². The number of rotatable bonds is 2. The second-order valence-corrected chi connectivity index (χ2v) is 7.67. The molecular formula is C20H26N2O3. The first kappa shape index (κ1) is 17.5. The number of aryl methyl sites for hydroxylation is 1. The van der Waals surface area contributed by atoms with Gasteiger partial charge in [-0.1, -0.05) is 35.0 Å². The fourth-order valence-electron chi connectivity index (χ4n) is 3.08. The molecule has 1 unspecified atom stereocenters. The molecule has 5 nitrogen and oxygen atoms in total. The monoisotopic (exact) mass is 342 g/mol. The maximum absolute atomic E-state index is 12.6. The molecule has 1 amide bonds. The van der Waals surface area contributed by atoms with E-state index in [1.165, 1.54) is 5.56 Å². The fourth-order valence-corrected chi connectivity index (χ4v) is 3.08. The van der Waals surface area contributed by atoms with Crippen LogP contribution in [-0.2, 0) is 4.74 Å². The Morgan fingerprint density at radius 3 is 2.64 bits per heavy atom. The summed E-state index contributed by atoms with van der Waals surface area (Å²) in [5.74, 6) is 0.727. The van der Waals surface area contributed by atoms with Crippen molar-refractivity contribution in [2.75, 3.05) is 6.54 Å². The Bertz CT molecular complexity index is 728. The molecule has 2 heterocycles. The molecule has 0 saturated carbocycles. The van der Waals surface area contributed by atoms with Crippen LogP contribution >= 0.6 is 0 Å². The topological polar surface area (TPSA) is 55.6 Å². The molecule has 0 bridgehead atoms. The van der Waals surface area contributed by atoms with E-state index in [1.807, 2.05) is 51.1 Å². The average Bonchev–Trinajstić information content (AvgIpc) is 3.04. The first-order valence-electron chi connectivity index (χ1n) is 8.87. The normalized spacial score (nSPS) is 18.2. The smallest absolute Gasteiger partial charge is 0.410 e. The molecule has 134 valence electrons. The van der Waals surface area contributed by atoms with Gasteiger partial charge in [0.15, 0.2) is 5.76 Å². The van der Waals surface area contributed by atoms with Gasteiger partial charge in [-0.05, 0) is 47.0 Å². The quantitative estimate of drug-likeness (QED) is 0.761. The number of amides is 1. The average molecular weight is 342 g/mol. The van der Waals surface area contributed by atoms with Gasteiger partial charge in [-0.15, -0.1) is 0 Å². The fraction of sp³-hybridized carbons (Fsp3) is 0.500. The van der Waals surface area contributed by atoms with Crippen molar-refractivity contribution in [3.63, 3.8) is 0 Å². The van der Waals surface area contributed by atoms with Crippen molar-refractivity contribution < 1.29 is 14.1 Å². The third-order valence-electron chi connectivity index (χ3n) is 4.34. The zero-order valence-electron chi connectivity index (χ0n) is 15.4. The van der Waals surface area contributed by atoms with Gasteiger partial charge in [-0.3, -0.25) is 4.90 Å². The molecule has 0 aliphatic carbocycles. The van der Waals surface area contributed by atoms with Crippen molar-refractivity contribution in [2.24, 2.45) is 0 Å². The number of carbonyl (C=O) groups is 1. The summed E-state index contributed by atoms with van der Waals surface area (Å²) < 4.78 is 11.1. The highest BCUT2D eigenvalue weighted by atomic mass is 16.6. The molecule has 3 rings (SSSR count). The van der Waals surface area contributed by atoms with Gasteiger partial charge in [0.1, 0.15) is 11.3 Å². The Balaban J connectivity index is 1.81. The van der Waals surface area contributed by atoms with Crippen LogP contribution in [0.25, 0.3) is 11.3 Å². The van der Waals surface area contributed by atoms with E-state index in [0.29, 0.717) is 6.54 Å². The van der Waals surface area contributed by atoms with Gasteiger partial charge >= 0.3 is 6.09 Å². The highest BCUT2D eigenvalue weighted by Crippen LogP contribution is 2.33. The summed E-state index contributed by atoms with van der Waals surface area (Å²) in [4.78, 5) is 14.3. The number of carbonyl (C=O) groups excluding carboxylic acids is 1. The second-order valence-electron chi connectivity index (χ2n) is 7.67. The maximum atomic E-state index is 12.6. The van der Waals surface area contributed by atoms with E-state index in [-0.39, 0.29) is 12.1 Å². The van der Waals surface area contributed by atoms with E-state index in [4.69, 9.17) is 9.26 Å². The standard InChI is InChI=1S/C20H26N2O3/c1-14-8-10-15(11-9-14)18-13-16(21-25-18)17-7-5-6-12-22(17)19(23)24-20(2,3)4/h8-11,13,17H,5-7,12H2,1-4H3. The summed E-state index contributed by atoms with van der Waals surface area (Å²) in [6.45, 7) is 8.39. The number of hydrogen-bond donors (Lipinski definition) is 0. The molecule has 1 aliphatic heterocycles. The van der Waals surface area contributed by atoms with Crippen LogP contribution < -0.4 is 0 Å². The molecule has 1 saturated heterocycles. The van der Waals surface area contributed by atoms with E-state index >= 15 is 0 Å².